The molecule has 1 amide bonds. The number of nitriles is 1. The van der Waals surface area contributed by atoms with Gasteiger partial charge in [-0.3, -0.25) is 0 Å². The third kappa shape index (κ3) is 4.81. The van der Waals surface area contributed by atoms with Gasteiger partial charge >= 0.3 is 6.09 Å². The Labute approximate surface area is 190 Å². The summed E-state index contributed by atoms with van der Waals surface area (Å²) in [5.74, 6) is 0. The van der Waals surface area contributed by atoms with Crippen LogP contribution in [0.1, 0.15) is 64.0 Å². The number of carbonyl (C=O) groups is 1. The lowest BCUT2D eigenvalue weighted by Crippen LogP contribution is -2.61. The summed E-state index contributed by atoms with van der Waals surface area (Å²) in [5.41, 5.74) is 2.27. The number of hydrogen-bond donors (Lipinski definition) is 1. The standard InChI is InChI=1S/C27H32N2O3/c1-26(2,3)32-25(30)29-22-8-6-9-23(29)17-27(31,16-22)15-19-11-13-20(14-12-19)24-10-5-4-7-21(24)18-28/h4-5,7,10-14,22-23,31H,6,8-9,15-17H2,1-3H3. The summed E-state index contributed by atoms with van der Waals surface area (Å²) in [4.78, 5) is 14.7. The predicted octanol–water partition coefficient (Wildman–Crippen LogP) is 5.45. The van der Waals surface area contributed by atoms with E-state index in [0.717, 1.165) is 36.0 Å². The number of benzene rings is 2. The van der Waals surface area contributed by atoms with Gasteiger partial charge in [0.25, 0.3) is 0 Å². The van der Waals surface area contributed by atoms with E-state index in [9.17, 15) is 15.2 Å². The van der Waals surface area contributed by atoms with Crippen molar-refractivity contribution in [2.45, 2.75) is 82.6 Å². The van der Waals surface area contributed by atoms with Crippen molar-refractivity contribution >= 4 is 6.09 Å². The first kappa shape index (κ1) is 22.4. The molecule has 2 fully saturated rings. The first-order valence-corrected chi connectivity index (χ1v) is 11.5. The van der Waals surface area contributed by atoms with Crippen molar-refractivity contribution < 1.29 is 14.6 Å². The van der Waals surface area contributed by atoms with Crippen LogP contribution >= 0.6 is 0 Å². The van der Waals surface area contributed by atoms with E-state index in [-0.39, 0.29) is 18.2 Å². The van der Waals surface area contributed by atoms with Crippen LogP contribution in [-0.2, 0) is 11.2 Å². The molecule has 5 heteroatoms. The highest BCUT2D eigenvalue weighted by atomic mass is 16.6. The Balaban J connectivity index is 1.48. The molecule has 5 nitrogen and oxygen atoms in total. The zero-order valence-electron chi connectivity index (χ0n) is 19.2. The number of nitrogens with zero attached hydrogens (tertiary/aromatic N) is 2. The van der Waals surface area contributed by atoms with Crippen LogP contribution in [0.25, 0.3) is 11.1 Å². The van der Waals surface area contributed by atoms with Gasteiger partial charge in [-0.25, -0.2) is 4.79 Å². The molecule has 1 N–H and O–H groups in total. The van der Waals surface area contributed by atoms with Gasteiger partial charge in [-0.05, 0) is 75.6 Å². The number of fused-ring (bicyclic) bond motifs is 2. The molecular weight excluding hydrogens is 400 g/mol. The minimum absolute atomic E-state index is 0.0177. The first-order valence-electron chi connectivity index (χ1n) is 11.5. The number of carbonyl (C=O) groups excluding carboxylic acids is 1. The lowest BCUT2D eigenvalue weighted by molar-refractivity contribution is -0.0919. The van der Waals surface area contributed by atoms with Gasteiger partial charge in [0.15, 0.2) is 0 Å². The molecule has 0 spiro atoms. The van der Waals surface area contributed by atoms with E-state index in [1.54, 1.807) is 0 Å². The molecule has 4 rings (SSSR count). The number of ether oxygens (including phenoxy) is 1. The number of rotatable bonds is 3. The van der Waals surface area contributed by atoms with Crippen molar-refractivity contribution in [2.24, 2.45) is 0 Å². The van der Waals surface area contributed by atoms with Crippen molar-refractivity contribution in [1.82, 2.24) is 4.90 Å². The molecule has 32 heavy (non-hydrogen) atoms. The van der Waals surface area contributed by atoms with Crippen molar-refractivity contribution in [1.29, 1.82) is 5.26 Å². The summed E-state index contributed by atoms with van der Waals surface area (Å²) >= 11 is 0. The lowest BCUT2D eigenvalue weighted by Gasteiger charge is -2.51. The van der Waals surface area contributed by atoms with Crippen molar-refractivity contribution in [3.63, 3.8) is 0 Å². The number of aliphatic hydroxyl groups is 1. The van der Waals surface area contributed by atoms with E-state index in [0.29, 0.717) is 24.8 Å². The van der Waals surface area contributed by atoms with Crippen LogP contribution in [0, 0.1) is 11.3 Å². The van der Waals surface area contributed by atoms with E-state index in [1.165, 1.54) is 0 Å². The fourth-order valence-electron chi connectivity index (χ4n) is 5.30. The Hall–Kier alpha value is -2.84. The molecule has 2 aromatic carbocycles. The molecule has 0 aromatic heterocycles. The topological polar surface area (TPSA) is 73.6 Å². The van der Waals surface area contributed by atoms with E-state index < -0.39 is 11.2 Å². The molecule has 2 aromatic rings. The van der Waals surface area contributed by atoms with E-state index in [2.05, 4.69) is 6.07 Å². The van der Waals surface area contributed by atoms with Crippen molar-refractivity contribution in [3.8, 4) is 17.2 Å². The van der Waals surface area contributed by atoms with Gasteiger partial charge in [-0.2, -0.15) is 5.26 Å². The monoisotopic (exact) mass is 432 g/mol. The molecular formula is C27H32N2O3. The molecule has 2 aliphatic heterocycles. The van der Waals surface area contributed by atoms with Crippen LogP contribution in [0.3, 0.4) is 0 Å². The quantitative estimate of drug-likeness (QED) is 0.700. The van der Waals surface area contributed by atoms with Gasteiger partial charge in [-0.1, -0.05) is 42.5 Å². The Morgan fingerprint density at radius 3 is 2.34 bits per heavy atom. The van der Waals surface area contributed by atoms with Crippen LogP contribution < -0.4 is 0 Å². The maximum atomic E-state index is 12.8. The summed E-state index contributed by atoms with van der Waals surface area (Å²) in [6, 6.07) is 18.0. The summed E-state index contributed by atoms with van der Waals surface area (Å²) in [7, 11) is 0. The molecule has 168 valence electrons. The van der Waals surface area contributed by atoms with Crippen LogP contribution in [-0.4, -0.2) is 39.4 Å². The SMILES string of the molecule is CC(C)(C)OC(=O)N1C2CCCC1CC(O)(Cc1ccc(-c3ccccc3C#N)cc1)C2. The summed E-state index contributed by atoms with van der Waals surface area (Å²) in [6.45, 7) is 5.67. The van der Waals surface area contributed by atoms with Crippen LogP contribution in [0.2, 0.25) is 0 Å². The minimum Gasteiger partial charge on any atom is -0.444 e. The van der Waals surface area contributed by atoms with Crippen LogP contribution in [0.15, 0.2) is 48.5 Å². The fourth-order valence-corrected chi connectivity index (χ4v) is 5.30. The highest BCUT2D eigenvalue weighted by molar-refractivity contribution is 5.71. The van der Waals surface area contributed by atoms with Crippen molar-refractivity contribution in [2.75, 3.05) is 0 Å². The Kier molecular flexibility index (Phi) is 6.01. The Morgan fingerprint density at radius 2 is 1.75 bits per heavy atom. The highest BCUT2D eigenvalue weighted by Gasteiger charge is 2.48. The second kappa shape index (κ2) is 8.60. The average Bonchev–Trinajstić information content (AvgIpc) is 2.72. The van der Waals surface area contributed by atoms with E-state index >= 15 is 0 Å². The summed E-state index contributed by atoms with van der Waals surface area (Å²) in [5, 5.41) is 20.9. The molecule has 2 heterocycles. The second-order valence-electron chi connectivity index (χ2n) is 10.3. The first-order chi connectivity index (χ1) is 15.2. The average molecular weight is 433 g/mol. The van der Waals surface area contributed by atoms with Crippen molar-refractivity contribution in [3.05, 3.63) is 59.7 Å². The highest BCUT2D eigenvalue weighted by Crippen LogP contribution is 2.41. The number of hydrogen-bond acceptors (Lipinski definition) is 4. The zero-order chi connectivity index (χ0) is 22.9. The second-order valence-corrected chi connectivity index (χ2v) is 10.3. The summed E-state index contributed by atoms with van der Waals surface area (Å²) < 4.78 is 5.66. The zero-order valence-corrected chi connectivity index (χ0v) is 19.2. The van der Waals surface area contributed by atoms with E-state index in [1.807, 2.05) is 74.2 Å². The number of amides is 1. The van der Waals surface area contributed by atoms with Gasteiger partial charge in [0.05, 0.1) is 17.2 Å². The van der Waals surface area contributed by atoms with Gasteiger partial charge in [0.1, 0.15) is 5.60 Å². The molecule has 2 saturated heterocycles. The molecule has 0 saturated carbocycles. The van der Waals surface area contributed by atoms with Gasteiger partial charge in [-0.15, -0.1) is 0 Å². The van der Waals surface area contributed by atoms with Gasteiger partial charge < -0.3 is 14.7 Å². The maximum Gasteiger partial charge on any atom is 0.410 e. The Morgan fingerprint density at radius 1 is 1.12 bits per heavy atom. The lowest BCUT2D eigenvalue weighted by atomic mass is 9.73. The molecule has 2 aliphatic rings. The summed E-state index contributed by atoms with van der Waals surface area (Å²) in [6.07, 6.45) is 4.34. The van der Waals surface area contributed by atoms with Crippen LogP contribution in [0.4, 0.5) is 4.79 Å². The minimum atomic E-state index is -0.833. The van der Waals surface area contributed by atoms with Crippen LogP contribution in [0.5, 0.6) is 0 Å². The fraction of sp³-hybridized carbons (Fsp3) is 0.481. The molecule has 0 radical (unpaired) electrons. The third-order valence-electron chi connectivity index (χ3n) is 6.54. The molecule has 2 atom stereocenters. The maximum absolute atomic E-state index is 12.8. The predicted molar refractivity (Wildman–Crippen MR) is 124 cm³/mol. The molecule has 2 bridgehead atoms. The number of piperidine rings is 2. The molecule has 0 aliphatic carbocycles. The largest absolute Gasteiger partial charge is 0.444 e. The van der Waals surface area contributed by atoms with Gasteiger partial charge in [0, 0.05) is 18.5 Å². The van der Waals surface area contributed by atoms with E-state index in [4.69, 9.17) is 4.74 Å². The third-order valence-corrected chi connectivity index (χ3v) is 6.54. The Bertz CT molecular complexity index is 1000. The smallest absolute Gasteiger partial charge is 0.410 e. The normalized spacial score (nSPS) is 25.2. The van der Waals surface area contributed by atoms with Gasteiger partial charge in [0.2, 0.25) is 0 Å². The molecule has 2 unspecified atom stereocenters.